The van der Waals surface area contributed by atoms with Crippen molar-refractivity contribution in [1.29, 1.82) is 0 Å². The second-order valence-electron chi connectivity index (χ2n) is 5.08. The maximum Gasteiger partial charge on any atom is 0.0514 e. The van der Waals surface area contributed by atoms with E-state index in [0.717, 1.165) is 24.0 Å². The fourth-order valence-corrected chi connectivity index (χ4v) is 3.23. The summed E-state index contributed by atoms with van der Waals surface area (Å²) in [6.45, 7) is 4.50. The van der Waals surface area contributed by atoms with E-state index in [-0.39, 0.29) is 6.04 Å². The summed E-state index contributed by atoms with van der Waals surface area (Å²) in [5.41, 5.74) is 7.64. The smallest absolute Gasteiger partial charge is 0.0514 e. The summed E-state index contributed by atoms with van der Waals surface area (Å²) in [6, 6.07) is 2.69. The van der Waals surface area contributed by atoms with Gasteiger partial charge in [-0.25, -0.2) is 0 Å². The number of halogens is 1. The molecule has 2 unspecified atom stereocenters. The number of nitrogens with zero attached hydrogens (tertiary/aromatic N) is 2. The topological polar surface area (TPSA) is 42.1 Å². The minimum atomic E-state index is 0.218. The van der Waals surface area contributed by atoms with Crippen molar-refractivity contribution >= 4 is 15.9 Å². The summed E-state index contributed by atoms with van der Waals surface area (Å²) >= 11 is 3.51. The number of nitrogens with two attached hydrogens (primary N) is 1. The molecule has 0 aliphatic carbocycles. The van der Waals surface area contributed by atoms with Crippen molar-refractivity contribution in [2.75, 3.05) is 13.1 Å². The van der Waals surface area contributed by atoms with Crippen LogP contribution in [0, 0.1) is 0 Å². The molecule has 2 N–H and O–H groups in total. The van der Waals surface area contributed by atoms with Crippen LogP contribution in [0.25, 0.3) is 0 Å². The lowest BCUT2D eigenvalue weighted by Crippen LogP contribution is -2.40. The van der Waals surface area contributed by atoms with Crippen LogP contribution in [0.15, 0.2) is 22.9 Å². The van der Waals surface area contributed by atoms with Gasteiger partial charge in [-0.1, -0.05) is 13.3 Å². The minimum absolute atomic E-state index is 0.218. The molecule has 2 heterocycles. The second-order valence-corrected chi connectivity index (χ2v) is 5.99. The average Bonchev–Trinajstić information content (AvgIpc) is 2.52. The van der Waals surface area contributed by atoms with Gasteiger partial charge in [-0.15, -0.1) is 0 Å². The molecule has 2 rings (SSSR count). The number of hydrogen-bond acceptors (Lipinski definition) is 3. The van der Waals surface area contributed by atoms with Gasteiger partial charge < -0.3 is 5.73 Å². The predicted octanol–water partition coefficient (Wildman–Crippen LogP) is 3.11. The molecule has 0 radical (unpaired) electrons. The van der Waals surface area contributed by atoms with Crippen LogP contribution in [0.5, 0.6) is 0 Å². The number of aromatic nitrogens is 1. The first kappa shape index (κ1) is 14.0. The van der Waals surface area contributed by atoms with E-state index in [1.165, 1.54) is 24.8 Å². The molecule has 18 heavy (non-hydrogen) atoms. The van der Waals surface area contributed by atoms with Gasteiger partial charge in [0.05, 0.1) is 6.04 Å². The van der Waals surface area contributed by atoms with Crippen LogP contribution < -0.4 is 5.73 Å². The maximum atomic E-state index is 6.40. The summed E-state index contributed by atoms with van der Waals surface area (Å²) in [6.07, 6.45) is 8.56. The van der Waals surface area contributed by atoms with Crippen molar-refractivity contribution in [2.45, 2.75) is 44.7 Å². The van der Waals surface area contributed by atoms with Gasteiger partial charge >= 0.3 is 0 Å². The molecule has 3 nitrogen and oxygen atoms in total. The molecule has 0 bridgehead atoms. The molecule has 1 aliphatic heterocycles. The Morgan fingerprint density at radius 3 is 3.00 bits per heavy atom. The Balaban J connectivity index is 2.28. The lowest BCUT2D eigenvalue weighted by molar-refractivity contribution is 0.185. The van der Waals surface area contributed by atoms with Gasteiger partial charge in [0.25, 0.3) is 0 Å². The Morgan fingerprint density at radius 1 is 1.44 bits per heavy atom. The highest BCUT2D eigenvalue weighted by molar-refractivity contribution is 9.10. The van der Waals surface area contributed by atoms with Gasteiger partial charge in [0.15, 0.2) is 0 Å². The fourth-order valence-electron chi connectivity index (χ4n) is 2.85. The normalized spacial score (nSPS) is 25.9. The third kappa shape index (κ3) is 3.31. The molecule has 1 aromatic rings. The van der Waals surface area contributed by atoms with E-state index in [0.29, 0.717) is 6.04 Å². The van der Waals surface area contributed by atoms with E-state index >= 15 is 0 Å². The second kappa shape index (κ2) is 6.64. The van der Waals surface area contributed by atoms with Gasteiger partial charge in [-0.3, -0.25) is 9.88 Å². The van der Waals surface area contributed by atoms with E-state index in [1.807, 2.05) is 12.4 Å². The van der Waals surface area contributed by atoms with Gasteiger partial charge in [0.2, 0.25) is 0 Å². The Morgan fingerprint density at radius 2 is 2.28 bits per heavy atom. The Hall–Kier alpha value is -0.450. The molecule has 1 fully saturated rings. The first-order chi connectivity index (χ1) is 8.72. The number of likely N-dealkylation sites (tertiary alicyclic amines) is 1. The van der Waals surface area contributed by atoms with Crippen LogP contribution in [0.4, 0.5) is 0 Å². The van der Waals surface area contributed by atoms with Crippen LogP contribution in [-0.2, 0) is 0 Å². The molecular weight excluding hydrogens is 290 g/mol. The largest absolute Gasteiger partial charge is 0.326 e. The van der Waals surface area contributed by atoms with E-state index in [1.54, 1.807) is 0 Å². The van der Waals surface area contributed by atoms with Crippen LogP contribution >= 0.6 is 15.9 Å². The standard InChI is InChI=1S/C14H22BrN3/c1-2-6-18-7-4-3-5-13(16)14(18)11-8-12(15)10-17-9-11/h8-10,13-14H,2-7,16H2,1H3. The molecule has 0 saturated carbocycles. The SMILES string of the molecule is CCCN1CCCCC(N)C1c1cncc(Br)c1. The lowest BCUT2D eigenvalue weighted by Gasteiger charge is -2.33. The highest BCUT2D eigenvalue weighted by atomic mass is 79.9. The number of pyridine rings is 1. The van der Waals surface area contributed by atoms with E-state index in [4.69, 9.17) is 5.73 Å². The Kier molecular flexibility index (Phi) is 5.15. The highest BCUT2D eigenvalue weighted by Crippen LogP contribution is 2.30. The molecule has 2 atom stereocenters. The van der Waals surface area contributed by atoms with Gasteiger partial charge in [-0.05, 0) is 59.9 Å². The number of hydrogen-bond donors (Lipinski definition) is 1. The molecular formula is C14H22BrN3. The summed E-state index contributed by atoms with van der Waals surface area (Å²) < 4.78 is 1.04. The van der Waals surface area contributed by atoms with Crippen molar-refractivity contribution in [3.8, 4) is 0 Å². The molecule has 0 aromatic carbocycles. The minimum Gasteiger partial charge on any atom is -0.326 e. The van der Waals surface area contributed by atoms with Crippen LogP contribution in [0.1, 0.15) is 44.2 Å². The van der Waals surface area contributed by atoms with E-state index in [9.17, 15) is 0 Å². The molecule has 1 aliphatic rings. The van der Waals surface area contributed by atoms with Crippen LogP contribution in [0.2, 0.25) is 0 Å². The Labute approximate surface area is 118 Å². The zero-order chi connectivity index (χ0) is 13.0. The molecule has 1 saturated heterocycles. The highest BCUT2D eigenvalue weighted by Gasteiger charge is 2.28. The van der Waals surface area contributed by atoms with Crippen molar-refractivity contribution in [3.05, 3.63) is 28.5 Å². The third-order valence-electron chi connectivity index (χ3n) is 3.61. The zero-order valence-corrected chi connectivity index (χ0v) is 12.6. The molecule has 100 valence electrons. The molecule has 1 aromatic heterocycles. The van der Waals surface area contributed by atoms with Crippen molar-refractivity contribution in [1.82, 2.24) is 9.88 Å². The van der Waals surface area contributed by atoms with Gasteiger partial charge in [-0.2, -0.15) is 0 Å². The summed E-state index contributed by atoms with van der Waals surface area (Å²) in [5.74, 6) is 0. The average molecular weight is 312 g/mol. The van der Waals surface area contributed by atoms with E-state index < -0.39 is 0 Å². The Bertz CT molecular complexity index is 383. The fraction of sp³-hybridized carbons (Fsp3) is 0.643. The molecule has 0 spiro atoms. The van der Waals surface area contributed by atoms with Crippen molar-refractivity contribution in [2.24, 2.45) is 5.73 Å². The van der Waals surface area contributed by atoms with Gasteiger partial charge in [0.1, 0.15) is 0 Å². The number of rotatable bonds is 3. The van der Waals surface area contributed by atoms with Crippen LogP contribution in [0.3, 0.4) is 0 Å². The quantitative estimate of drug-likeness (QED) is 0.932. The van der Waals surface area contributed by atoms with E-state index in [2.05, 4.69) is 38.8 Å². The summed E-state index contributed by atoms with van der Waals surface area (Å²) in [4.78, 5) is 6.82. The third-order valence-corrected chi connectivity index (χ3v) is 4.04. The zero-order valence-electron chi connectivity index (χ0n) is 11.0. The summed E-state index contributed by atoms with van der Waals surface area (Å²) in [7, 11) is 0. The maximum absolute atomic E-state index is 6.40. The first-order valence-corrected chi connectivity index (χ1v) is 7.61. The van der Waals surface area contributed by atoms with Gasteiger partial charge in [0, 0.05) is 22.9 Å². The van der Waals surface area contributed by atoms with Crippen LogP contribution in [-0.4, -0.2) is 29.0 Å². The first-order valence-electron chi connectivity index (χ1n) is 6.82. The van der Waals surface area contributed by atoms with Crippen molar-refractivity contribution < 1.29 is 0 Å². The lowest BCUT2D eigenvalue weighted by atomic mass is 9.97. The summed E-state index contributed by atoms with van der Waals surface area (Å²) in [5, 5.41) is 0. The predicted molar refractivity (Wildman–Crippen MR) is 78.4 cm³/mol. The molecule has 0 amide bonds. The monoisotopic (exact) mass is 311 g/mol. The van der Waals surface area contributed by atoms with Crippen molar-refractivity contribution in [3.63, 3.8) is 0 Å². The molecule has 4 heteroatoms.